The van der Waals surface area contributed by atoms with Crippen LogP contribution < -0.4 is 0 Å². The number of benzene rings is 1. The third-order valence-corrected chi connectivity index (χ3v) is 8.44. The number of methoxy groups -OCH3 is 1. The SMILES string of the molecule is COC(=O)c1c(SC)nc(C(OC(=O)N(C(C)C)C(C)C)c2ccc(F)c(Cl)c2)n1COCC[Si](C)(C)C. The second-order valence-electron chi connectivity index (χ2n) is 10.6. The number of aromatic nitrogens is 2. The maximum absolute atomic E-state index is 14.1. The molecule has 0 saturated heterocycles. The first-order valence-corrected chi connectivity index (χ1v) is 17.8. The minimum atomic E-state index is -1.37. The molecule has 1 aromatic heterocycles. The van der Waals surface area contributed by atoms with E-state index in [1.807, 2.05) is 27.7 Å². The summed E-state index contributed by atoms with van der Waals surface area (Å²) in [5.41, 5.74) is 0.580. The Morgan fingerprint density at radius 3 is 2.32 bits per heavy atom. The molecule has 2 aromatic rings. The highest BCUT2D eigenvalue weighted by atomic mass is 35.5. The van der Waals surface area contributed by atoms with Gasteiger partial charge in [0.15, 0.2) is 17.6 Å². The van der Waals surface area contributed by atoms with Crippen molar-refractivity contribution < 1.29 is 28.2 Å². The normalized spacial score (nSPS) is 12.7. The van der Waals surface area contributed by atoms with Crippen molar-refractivity contribution in [3.05, 3.63) is 46.1 Å². The van der Waals surface area contributed by atoms with Gasteiger partial charge in [-0.3, -0.25) is 4.57 Å². The molecule has 0 spiro atoms. The third kappa shape index (κ3) is 8.21. The molecule has 2 rings (SSSR count). The number of carbonyl (C=O) groups is 2. The van der Waals surface area contributed by atoms with E-state index in [4.69, 9.17) is 25.8 Å². The van der Waals surface area contributed by atoms with Gasteiger partial charge in [-0.2, -0.15) is 0 Å². The number of nitrogens with zero attached hydrogens (tertiary/aromatic N) is 3. The van der Waals surface area contributed by atoms with E-state index in [0.717, 1.165) is 6.04 Å². The second kappa shape index (κ2) is 13.8. The lowest BCUT2D eigenvalue weighted by molar-refractivity contribution is 0.0425. The van der Waals surface area contributed by atoms with Crippen molar-refractivity contribution in [3.8, 4) is 0 Å². The van der Waals surface area contributed by atoms with E-state index in [0.29, 0.717) is 17.2 Å². The minimum absolute atomic E-state index is 0.0150. The van der Waals surface area contributed by atoms with Crippen molar-refractivity contribution in [2.24, 2.45) is 0 Å². The average molecular weight is 588 g/mol. The van der Waals surface area contributed by atoms with Gasteiger partial charge >= 0.3 is 12.1 Å². The minimum Gasteiger partial charge on any atom is -0.464 e. The molecule has 1 atom stereocenters. The molecule has 12 heteroatoms. The van der Waals surface area contributed by atoms with Crippen molar-refractivity contribution in [3.63, 3.8) is 0 Å². The van der Waals surface area contributed by atoms with Gasteiger partial charge in [0.2, 0.25) is 0 Å². The van der Waals surface area contributed by atoms with Gasteiger partial charge in [-0.05, 0) is 52.1 Å². The Morgan fingerprint density at radius 2 is 1.82 bits per heavy atom. The van der Waals surface area contributed by atoms with E-state index in [1.54, 1.807) is 15.7 Å². The van der Waals surface area contributed by atoms with E-state index < -0.39 is 32.1 Å². The van der Waals surface area contributed by atoms with Crippen molar-refractivity contribution in [1.29, 1.82) is 0 Å². The maximum Gasteiger partial charge on any atom is 0.411 e. The van der Waals surface area contributed by atoms with Crippen LogP contribution >= 0.6 is 23.4 Å². The summed E-state index contributed by atoms with van der Waals surface area (Å²) in [6.45, 7) is 14.8. The molecule has 0 aliphatic rings. The molecule has 1 unspecified atom stereocenters. The summed E-state index contributed by atoms with van der Waals surface area (Å²) in [4.78, 5) is 32.5. The Kier molecular flexibility index (Phi) is 11.7. The second-order valence-corrected chi connectivity index (χ2v) is 17.5. The van der Waals surface area contributed by atoms with Crippen LogP contribution in [0.15, 0.2) is 23.2 Å². The van der Waals surface area contributed by atoms with Crippen LogP contribution in [0.1, 0.15) is 55.7 Å². The van der Waals surface area contributed by atoms with Gasteiger partial charge in [0.25, 0.3) is 0 Å². The number of halogens is 2. The molecule has 8 nitrogen and oxygen atoms in total. The van der Waals surface area contributed by atoms with Crippen LogP contribution in [0.4, 0.5) is 9.18 Å². The fourth-order valence-corrected chi connectivity index (χ4v) is 5.39. The van der Waals surface area contributed by atoms with Crippen LogP contribution in [-0.2, 0) is 20.9 Å². The Morgan fingerprint density at radius 1 is 1.18 bits per heavy atom. The van der Waals surface area contributed by atoms with E-state index in [2.05, 4.69) is 24.6 Å². The molecule has 0 N–H and O–H groups in total. The van der Waals surface area contributed by atoms with E-state index >= 15 is 0 Å². The molecule has 0 aliphatic carbocycles. The number of rotatable bonds is 12. The quantitative estimate of drug-likeness (QED) is 0.116. The smallest absolute Gasteiger partial charge is 0.411 e. The summed E-state index contributed by atoms with van der Waals surface area (Å²) in [6.07, 6.45) is 0.0924. The Labute approximate surface area is 235 Å². The molecule has 0 saturated carbocycles. The maximum atomic E-state index is 14.1. The highest BCUT2D eigenvalue weighted by Gasteiger charge is 2.34. The summed E-state index contributed by atoms with van der Waals surface area (Å²) >= 11 is 7.37. The lowest BCUT2D eigenvalue weighted by atomic mass is 10.1. The topological polar surface area (TPSA) is 82.9 Å². The average Bonchev–Trinajstić information content (AvgIpc) is 3.18. The van der Waals surface area contributed by atoms with Gasteiger partial charge in [0.05, 0.1) is 12.1 Å². The summed E-state index contributed by atoms with van der Waals surface area (Å²) in [5.74, 6) is -0.967. The number of imidazole rings is 1. The molecule has 1 aromatic carbocycles. The molecule has 0 bridgehead atoms. The number of amides is 1. The number of esters is 1. The van der Waals surface area contributed by atoms with E-state index in [-0.39, 0.29) is 35.4 Å². The molecule has 38 heavy (non-hydrogen) atoms. The fraction of sp³-hybridized carbons (Fsp3) is 0.577. The molecule has 0 fully saturated rings. The summed E-state index contributed by atoms with van der Waals surface area (Å²) < 4.78 is 32.7. The van der Waals surface area contributed by atoms with Gasteiger partial charge in [-0.25, -0.2) is 19.0 Å². The van der Waals surface area contributed by atoms with Gasteiger partial charge in [0, 0.05) is 32.3 Å². The van der Waals surface area contributed by atoms with Crippen LogP contribution in [0, 0.1) is 5.82 Å². The van der Waals surface area contributed by atoms with Crippen LogP contribution in [0.25, 0.3) is 0 Å². The Hall–Kier alpha value is -2.08. The van der Waals surface area contributed by atoms with Crippen LogP contribution in [0.3, 0.4) is 0 Å². The zero-order valence-corrected chi connectivity index (χ0v) is 26.2. The zero-order valence-electron chi connectivity index (χ0n) is 23.6. The third-order valence-electron chi connectivity index (χ3n) is 5.78. The highest BCUT2D eigenvalue weighted by Crippen LogP contribution is 2.34. The van der Waals surface area contributed by atoms with Gasteiger partial charge < -0.3 is 19.1 Å². The van der Waals surface area contributed by atoms with E-state index in [9.17, 15) is 14.0 Å². The van der Waals surface area contributed by atoms with Gasteiger partial charge in [0.1, 0.15) is 17.6 Å². The Bertz CT molecular complexity index is 1120. The first-order valence-electron chi connectivity index (χ1n) is 12.5. The lowest BCUT2D eigenvalue weighted by Crippen LogP contribution is -2.43. The highest BCUT2D eigenvalue weighted by molar-refractivity contribution is 7.98. The lowest BCUT2D eigenvalue weighted by Gasteiger charge is -2.31. The van der Waals surface area contributed by atoms with Crippen molar-refractivity contribution in [2.75, 3.05) is 20.0 Å². The molecular weight excluding hydrogens is 549 g/mol. The summed E-state index contributed by atoms with van der Waals surface area (Å²) in [6, 6.07) is 4.72. The number of ether oxygens (including phenoxy) is 3. The Balaban J connectivity index is 2.68. The van der Waals surface area contributed by atoms with Crippen LogP contribution in [0.5, 0.6) is 0 Å². The monoisotopic (exact) mass is 587 g/mol. The number of hydrogen-bond donors (Lipinski definition) is 0. The molecule has 0 radical (unpaired) electrons. The first kappa shape index (κ1) is 32.1. The fourth-order valence-electron chi connectivity index (χ4n) is 3.87. The van der Waals surface area contributed by atoms with Crippen molar-refractivity contribution >= 4 is 43.5 Å². The van der Waals surface area contributed by atoms with E-state index in [1.165, 1.54) is 37.1 Å². The summed E-state index contributed by atoms with van der Waals surface area (Å²) in [5, 5.41) is 0.260. The molecule has 212 valence electrons. The first-order chi connectivity index (χ1) is 17.7. The van der Waals surface area contributed by atoms with Crippen molar-refractivity contribution in [1.82, 2.24) is 14.5 Å². The van der Waals surface area contributed by atoms with Crippen LogP contribution in [0.2, 0.25) is 30.7 Å². The molecule has 1 heterocycles. The largest absolute Gasteiger partial charge is 0.464 e. The summed E-state index contributed by atoms with van der Waals surface area (Å²) in [7, 11) is -0.0782. The predicted octanol–water partition coefficient (Wildman–Crippen LogP) is 6.84. The number of hydrogen-bond acceptors (Lipinski definition) is 7. The number of thioether (sulfide) groups is 1. The zero-order chi connectivity index (χ0) is 28.8. The molecular formula is C26H39ClFN3O5SSi. The molecule has 1 amide bonds. The molecule has 0 aliphatic heterocycles. The van der Waals surface area contributed by atoms with Crippen molar-refractivity contribution in [2.45, 2.75) is 83.3 Å². The predicted molar refractivity (Wildman–Crippen MR) is 151 cm³/mol. The van der Waals surface area contributed by atoms with Gasteiger partial charge in [-0.15, -0.1) is 11.8 Å². The number of carbonyl (C=O) groups excluding carboxylic acids is 2. The van der Waals surface area contributed by atoms with Gasteiger partial charge in [-0.1, -0.05) is 37.3 Å². The van der Waals surface area contributed by atoms with Crippen LogP contribution in [-0.4, -0.2) is 66.6 Å². The standard InChI is InChI=1S/C26H39ClFN3O5SSi/c1-16(2)31(17(3)4)26(33)36-22(18-10-11-20(28)19(27)14-18)23-29-24(37-6)21(25(32)34-5)30(23)15-35-12-13-38(7,8)9/h10-11,14,16-17,22H,12-13,15H2,1-9H3.